The summed E-state index contributed by atoms with van der Waals surface area (Å²) in [5.41, 5.74) is 6.79. The molecule has 1 unspecified atom stereocenters. The van der Waals surface area contributed by atoms with Crippen molar-refractivity contribution in [2.24, 2.45) is 5.73 Å². The first kappa shape index (κ1) is 14.1. The fourth-order valence-electron chi connectivity index (χ4n) is 1.94. The lowest BCUT2D eigenvalue weighted by Gasteiger charge is -2.12. The number of rotatable bonds is 6. The fraction of sp³-hybridized carbons (Fsp3) is 0.267. The minimum absolute atomic E-state index is 0.162. The second-order valence-corrected chi connectivity index (χ2v) is 4.69. The van der Waals surface area contributed by atoms with Gasteiger partial charge in [0.2, 0.25) is 5.91 Å². The summed E-state index contributed by atoms with van der Waals surface area (Å²) >= 11 is 0. The largest absolute Gasteiger partial charge is 0.508 e. The van der Waals surface area contributed by atoms with E-state index in [9.17, 15) is 9.90 Å². The third-order valence-corrected chi connectivity index (χ3v) is 3.06. The van der Waals surface area contributed by atoms with Gasteiger partial charge in [0.1, 0.15) is 5.75 Å². The number of nitrogens with zero attached hydrogens (tertiary/aromatic N) is 1. The molecule has 1 aromatic carbocycles. The van der Waals surface area contributed by atoms with Crippen molar-refractivity contribution in [3.63, 3.8) is 0 Å². The lowest BCUT2D eigenvalue weighted by atomic mass is 10.1. The molecule has 0 aliphatic heterocycles. The van der Waals surface area contributed by atoms with Crippen LogP contribution in [-0.4, -0.2) is 28.2 Å². The average Bonchev–Trinajstić information content (AvgIpc) is 2.94. The maximum absolute atomic E-state index is 11.8. The number of amides is 1. The van der Waals surface area contributed by atoms with Gasteiger partial charge in [0.25, 0.3) is 0 Å². The van der Waals surface area contributed by atoms with Crippen molar-refractivity contribution in [2.45, 2.75) is 19.0 Å². The van der Waals surface area contributed by atoms with E-state index in [0.717, 1.165) is 12.1 Å². The van der Waals surface area contributed by atoms with Gasteiger partial charge in [-0.25, -0.2) is 0 Å². The summed E-state index contributed by atoms with van der Waals surface area (Å²) in [5, 5.41) is 12.0. The van der Waals surface area contributed by atoms with Gasteiger partial charge in [0.05, 0.1) is 6.04 Å². The second kappa shape index (κ2) is 6.77. The Morgan fingerprint density at radius 3 is 2.55 bits per heavy atom. The molecule has 0 saturated heterocycles. The van der Waals surface area contributed by atoms with Crippen molar-refractivity contribution in [3.05, 3.63) is 54.4 Å². The van der Waals surface area contributed by atoms with Crippen molar-refractivity contribution in [2.75, 3.05) is 6.54 Å². The minimum atomic E-state index is -0.579. The van der Waals surface area contributed by atoms with Crippen LogP contribution in [0.15, 0.2) is 48.8 Å². The predicted octanol–water partition coefficient (Wildman–Crippen LogP) is 0.880. The molecule has 0 spiro atoms. The third-order valence-electron chi connectivity index (χ3n) is 3.06. The van der Waals surface area contributed by atoms with E-state index in [-0.39, 0.29) is 11.7 Å². The van der Waals surface area contributed by atoms with Gasteiger partial charge in [-0.15, -0.1) is 0 Å². The van der Waals surface area contributed by atoms with Crippen LogP contribution < -0.4 is 11.1 Å². The first-order valence-electron chi connectivity index (χ1n) is 6.57. The van der Waals surface area contributed by atoms with Gasteiger partial charge in [-0.1, -0.05) is 12.1 Å². The molecule has 20 heavy (non-hydrogen) atoms. The molecule has 0 saturated carbocycles. The average molecular weight is 273 g/mol. The molecule has 1 amide bonds. The highest BCUT2D eigenvalue weighted by atomic mass is 16.3. The normalized spacial score (nSPS) is 12.1. The van der Waals surface area contributed by atoms with Crippen molar-refractivity contribution in [1.82, 2.24) is 9.88 Å². The molecule has 1 heterocycles. The lowest BCUT2D eigenvalue weighted by Crippen LogP contribution is -2.43. The topological polar surface area (TPSA) is 80.3 Å². The van der Waals surface area contributed by atoms with Gasteiger partial charge in [0, 0.05) is 25.5 Å². The van der Waals surface area contributed by atoms with Crippen molar-refractivity contribution >= 4 is 5.91 Å². The first-order valence-corrected chi connectivity index (χ1v) is 6.57. The van der Waals surface area contributed by atoms with Crippen molar-refractivity contribution in [3.8, 4) is 5.75 Å². The predicted molar refractivity (Wildman–Crippen MR) is 77.2 cm³/mol. The van der Waals surface area contributed by atoms with E-state index in [1.54, 1.807) is 24.3 Å². The van der Waals surface area contributed by atoms with Crippen LogP contribution in [0.4, 0.5) is 0 Å². The molecule has 2 aromatic rings. The Balaban J connectivity index is 1.75. The van der Waals surface area contributed by atoms with Crippen molar-refractivity contribution in [1.29, 1.82) is 0 Å². The maximum atomic E-state index is 11.8. The molecule has 4 N–H and O–H groups in total. The number of phenols is 1. The maximum Gasteiger partial charge on any atom is 0.237 e. The Morgan fingerprint density at radius 2 is 1.90 bits per heavy atom. The Bertz CT molecular complexity index is 535. The smallest absolute Gasteiger partial charge is 0.237 e. The van der Waals surface area contributed by atoms with E-state index in [0.29, 0.717) is 13.0 Å². The number of aromatic nitrogens is 1. The quantitative estimate of drug-likeness (QED) is 0.731. The van der Waals surface area contributed by atoms with Crippen LogP contribution in [0.5, 0.6) is 5.75 Å². The molecule has 0 bridgehead atoms. The monoisotopic (exact) mass is 273 g/mol. The number of phenolic OH excluding ortho intramolecular Hbond substituents is 1. The molecule has 0 aliphatic rings. The molecule has 5 nitrogen and oxygen atoms in total. The van der Waals surface area contributed by atoms with E-state index in [4.69, 9.17) is 5.73 Å². The number of carbonyl (C=O) groups is 1. The zero-order valence-electron chi connectivity index (χ0n) is 11.2. The standard InChI is InChI=1S/C15H19N3O2/c16-14(11-12-3-5-13(19)6-4-12)15(20)17-7-10-18-8-1-2-9-18/h1-6,8-9,14,19H,7,10-11,16H2,(H,17,20). The molecular weight excluding hydrogens is 254 g/mol. The lowest BCUT2D eigenvalue weighted by molar-refractivity contribution is -0.122. The van der Waals surface area contributed by atoms with Gasteiger partial charge < -0.3 is 20.7 Å². The molecular formula is C15H19N3O2. The number of nitrogens with one attached hydrogen (secondary N) is 1. The van der Waals surface area contributed by atoms with Crippen LogP contribution in [0.1, 0.15) is 5.56 Å². The second-order valence-electron chi connectivity index (χ2n) is 4.69. The zero-order chi connectivity index (χ0) is 14.4. The van der Waals surface area contributed by atoms with Crippen LogP contribution in [-0.2, 0) is 17.8 Å². The number of aromatic hydroxyl groups is 1. The first-order chi connectivity index (χ1) is 9.65. The number of nitrogens with two attached hydrogens (primary N) is 1. The van der Waals surface area contributed by atoms with E-state index >= 15 is 0 Å². The molecule has 2 rings (SSSR count). The summed E-state index contributed by atoms with van der Waals surface area (Å²) in [7, 11) is 0. The van der Waals surface area contributed by atoms with Gasteiger partial charge in [0.15, 0.2) is 0 Å². The molecule has 1 aromatic heterocycles. The van der Waals surface area contributed by atoms with E-state index in [2.05, 4.69) is 5.32 Å². The Labute approximate surface area is 118 Å². The van der Waals surface area contributed by atoms with Crippen LogP contribution in [0.2, 0.25) is 0 Å². The SMILES string of the molecule is NC(Cc1ccc(O)cc1)C(=O)NCCn1cccc1. The van der Waals surface area contributed by atoms with Crippen LogP contribution in [0.3, 0.4) is 0 Å². The van der Waals surface area contributed by atoms with E-state index in [1.165, 1.54) is 0 Å². The molecule has 0 aliphatic carbocycles. The number of hydrogen-bond donors (Lipinski definition) is 3. The Hall–Kier alpha value is -2.27. The number of benzene rings is 1. The zero-order valence-corrected chi connectivity index (χ0v) is 11.2. The fourth-order valence-corrected chi connectivity index (χ4v) is 1.94. The minimum Gasteiger partial charge on any atom is -0.508 e. The highest BCUT2D eigenvalue weighted by Gasteiger charge is 2.13. The molecule has 106 valence electrons. The highest BCUT2D eigenvalue weighted by Crippen LogP contribution is 2.10. The molecule has 0 fully saturated rings. The summed E-state index contributed by atoms with van der Waals surface area (Å²) < 4.78 is 1.99. The molecule has 5 heteroatoms. The summed E-state index contributed by atoms with van der Waals surface area (Å²) in [5.74, 6) is 0.0451. The summed E-state index contributed by atoms with van der Waals surface area (Å²) in [4.78, 5) is 11.8. The summed E-state index contributed by atoms with van der Waals surface area (Å²) in [6.45, 7) is 1.28. The summed E-state index contributed by atoms with van der Waals surface area (Å²) in [6.07, 6.45) is 4.35. The van der Waals surface area contributed by atoms with E-state index in [1.807, 2.05) is 29.1 Å². The van der Waals surface area contributed by atoms with Gasteiger partial charge in [-0.05, 0) is 36.2 Å². The van der Waals surface area contributed by atoms with Crippen LogP contribution >= 0.6 is 0 Å². The van der Waals surface area contributed by atoms with Gasteiger partial charge in [-0.3, -0.25) is 4.79 Å². The third kappa shape index (κ3) is 4.13. The number of carbonyl (C=O) groups excluding carboxylic acids is 1. The van der Waals surface area contributed by atoms with Gasteiger partial charge in [-0.2, -0.15) is 0 Å². The Morgan fingerprint density at radius 1 is 1.25 bits per heavy atom. The highest BCUT2D eigenvalue weighted by molar-refractivity contribution is 5.81. The summed E-state index contributed by atoms with van der Waals surface area (Å²) in [6, 6.07) is 10.0. The van der Waals surface area contributed by atoms with Gasteiger partial charge >= 0.3 is 0 Å². The molecule has 0 radical (unpaired) electrons. The Kier molecular flexibility index (Phi) is 4.79. The van der Waals surface area contributed by atoms with E-state index < -0.39 is 6.04 Å². The number of hydrogen-bond acceptors (Lipinski definition) is 3. The molecule has 1 atom stereocenters. The van der Waals surface area contributed by atoms with Crippen molar-refractivity contribution < 1.29 is 9.90 Å². The van der Waals surface area contributed by atoms with Crippen LogP contribution in [0.25, 0.3) is 0 Å². The van der Waals surface area contributed by atoms with Crippen LogP contribution in [0, 0.1) is 0 Å².